The fourth-order valence-corrected chi connectivity index (χ4v) is 3.01. The number of carbonyl (C=O) groups excluding carboxylic acids is 1. The number of nitrogens with two attached hydrogens (primary N) is 1. The highest BCUT2D eigenvalue weighted by atomic mass is 79.9. The summed E-state index contributed by atoms with van der Waals surface area (Å²) in [5.74, 6) is 0.121. The second kappa shape index (κ2) is 7.27. The first-order valence-electron chi connectivity index (χ1n) is 6.40. The Morgan fingerprint density at radius 3 is 2.84 bits per heavy atom. The maximum absolute atomic E-state index is 12.6. The largest absolute Gasteiger partial charge is 0.334 e. The van der Waals surface area contributed by atoms with Gasteiger partial charge in [0.15, 0.2) is 0 Å². The fourth-order valence-electron chi connectivity index (χ4n) is 2.53. The summed E-state index contributed by atoms with van der Waals surface area (Å²) in [4.78, 5) is 14.5. The van der Waals surface area contributed by atoms with E-state index >= 15 is 0 Å². The second-order valence-corrected chi connectivity index (χ2v) is 5.76. The van der Waals surface area contributed by atoms with Crippen molar-refractivity contribution in [1.82, 2.24) is 4.90 Å². The topological polar surface area (TPSA) is 46.3 Å². The average Bonchev–Trinajstić information content (AvgIpc) is 2.38. The molecule has 5 heteroatoms. The summed E-state index contributed by atoms with van der Waals surface area (Å²) in [6.07, 6.45) is 3.28. The highest BCUT2D eigenvalue weighted by Gasteiger charge is 2.27. The van der Waals surface area contributed by atoms with Gasteiger partial charge in [0.1, 0.15) is 0 Å². The molecule has 0 aromatic heterocycles. The molecule has 1 amide bonds. The number of aryl methyl sites for hydroxylation is 1. The molecule has 1 saturated heterocycles. The summed E-state index contributed by atoms with van der Waals surface area (Å²) in [5.41, 5.74) is 7.57. The van der Waals surface area contributed by atoms with Crippen LogP contribution in [0.25, 0.3) is 0 Å². The van der Waals surface area contributed by atoms with Crippen molar-refractivity contribution in [2.75, 3.05) is 13.1 Å². The van der Waals surface area contributed by atoms with Crippen LogP contribution in [0, 0.1) is 6.92 Å². The van der Waals surface area contributed by atoms with Crippen molar-refractivity contribution in [3.63, 3.8) is 0 Å². The molecule has 1 fully saturated rings. The van der Waals surface area contributed by atoms with Gasteiger partial charge in [-0.1, -0.05) is 15.9 Å². The Hall–Kier alpha value is -0.580. The van der Waals surface area contributed by atoms with Gasteiger partial charge in [-0.25, -0.2) is 0 Å². The van der Waals surface area contributed by atoms with Crippen LogP contribution < -0.4 is 5.73 Å². The van der Waals surface area contributed by atoms with Crippen LogP contribution in [0.1, 0.15) is 35.2 Å². The first-order chi connectivity index (χ1) is 8.63. The number of piperidine rings is 1. The van der Waals surface area contributed by atoms with Crippen molar-refractivity contribution in [2.24, 2.45) is 5.73 Å². The number of hydrogen-bond acceptors (Lipinski definition) is 2. The Balaban J connectivity index is 0.00000180. The van der Waals surface area contributed by atoms with Crippen LogP contribution in [-0.4, -0.2) is 29.9 Å². The van der Waals surface area contributed by atoms with Gasteiger partial charge in [-0.05, 0) is 49.9 Å². The molecule has 106 valence electrons. The van der Waals surface area contributed by atoms with E-state index in [0.717, 1.165) is 35.0 Å². The van der Waals surface area contributed by atoms with E-state index in [9.17, 15) is 4.79 Å². The summed E-state index contributed by atoms with van der Waals surface area (Å²) in [7, 11) is 0. The molecule has 19 heavy (non-hydrogen) atoms. The highest BCUT2D eigenvalue weighted by molar-refractivity contribution is 9.10. The van der Waals surface area contributed by atoms with E-state index in [1.807, 2.05) is 30.0 Å². The third-order valence-corrected chi connectivity index (χ3v) is 4.07. The molecule has 2 N–H and O–H groups in total. The van der Waals surface area contributed by atoms with E-state index < -0.39 is 0 Å². The smallest absolute Gasteiger partial charge is 0.254 e. The Morgan fingerprint density at radius 1 is 1.47 bits per heavy atom. The number of nitrogens with zero attached hydrogens (tertiary/aromatic N) is 1. The third-order valence-electron chi connectivity index (χ3n) is 3.58. The molecule has 0 saturated carbocycles. The Bertz CT molecular complexity index is 453. The summed E-state index contributed by atoms with van der Waals surface area (Å²) < 4.78 is 1.01. The molecule has 1 aromatic rings. The lowest BCUT2D eigenvalue weighted by atomic mass is 9.99. The van der Waals surface area contributed by atoms with Crippen molar-refractivity contribution in [2.45, 2.75) is 32.2 Å². The molecule has 1 aromatic carbocycles. The molecular formula is C14H20BrClN2O. The first kappa shape index (κ1) is 16.5. The molecular weight excluding hydrogens is 328 g/mol. The number of rotatable bonds is 2. The molecule has 1 heterocycles. The summed E-state index contributed by atoms with van der Waals surface area (Å²) in [6.45, 7) is 3.36. The Kier molecular flexibility index (Phi) is 6.30. The minimum Gasteiger partial charge on any atom is -0.334 e. The lowest BCUT2D eigenvalue weighted by molar-refractivity contribution is 0.0622. The fraction of sp³-hybridized carbons (Fsp3) is 0.500. The average molecular weight is 348 g/mol. The molecule has 2 rings (SSSR count). The number of halogens is 2. The molecule has 0 radical (unpaired) electrons. The second-order valence-electron chi connectivity index (χ2n) is 4.84. The van der Waals surface area contributed by atoms with E-state index in [1.54, 1.807) is 0 Å². The molecule has 0 aliphatic carbocycles. The van der Waals surface area contributed by atoms with Crippen molar-refractivity contribution < 1.29 is 4.79 Å². The molecule has 1 aliphatic rings. The number of likely N-dealkylation sites (tertiary alicyclic amines) is 1. The van der Waals surface area contributed by atoms with E-state index in [2.05, 4.69) is 15.9 Å². The molecule has 1 unspecified atom stereocenters. The van der Waals surface area contributed by atoms with Crippen molar-refractivity contribution in [3.8, 4) is 0 Å². The normalized spacial score (nSPS) is 18.9. The minimum absolute atomic E-state index is 0. The standard InChI is InChI=1S/C14H19BrN2O.ClH/c1-10-8-11(15)5-6-13(10)14(18)17-7-3-2-4-12(17)9-16;/h5-6,8,12H,2-4,7,9,16H2,1H3;1H. The van der Waals surface area contributed by atoms with Crippen LogP contribution in [0.4, 0.5) is 0 Å². The SMILES string of the molecule is Cc1cc(Br)ccc1C(=O)N1CCCCC1CN.Cl. The molecule has 1 aliphatic heterocycles. The van der Waals surface area contributed by atoms with Crippen molar-refractivity contribution in [1.29, 1.82) is 0 Å². The lowest BCUT2D eigenvalue weighted by Crippen LogP contribution is -2.47. The maximum Gasteiger partial charge on any atom is 0.254 e. The van der Waals surface area contributed by atoms with Crippen LogP contribution in [0.3, 0.4) is 0 Å². The Labute approximate surface area is 129 Å². The zero-order chi connectivity index (χ0) is 13.1. The molecule has 0 spiro atoms. The van der Waals surface area contributed by atoms with Gasteiger partial charge in [0.05, 0.1) is 0 Å². The van der Waals surface area contributed by atoms with Gasteiger partial charge in [-0.15, -0.1) is 12.4 Å². The van der Waals surface area contributed by atoms with E-state index in [0.29, 0.717) is 6.54 Å². The Morgan fingerprint density at radius 2 is 2.21 bits per heavy atom. The first-order valence-corrected chi connectivity index (χ1v) is 7.20. The van der Waals surface area contributed by atoms with Gasteiger partial charge in [0.2, 0.25) is 0 Å². The summed E-state index contributed by atoms with van der Waals surface area (Å²) in [6, 6.07) is 5.99. The molecule has 1 atom stereocenters. The van der Waals surface area contributed by atoms with E-state index in [1.165, 1.54) is 6.42 Å². The van der Waals surface area contributed by atoms with Crippen LogP contribution in [0.2, 0.25) is 0 Å². The van der Waals surface area contributed by atoms with Gasteiger partial charge in [-0.2, -0.15) is 0 Å². The lowest BCUT2D eigenvalue weighted by Gasteiger charge is -2.35. The monoisotopic (exact) mass is 346 g/mol. The van der Waals surface area contributed by atoms with Gasteiger partial charge < -0.3 is 10.6 Å². The number of benzene rings is 1. The van der Waals surface area contributed by atoms with Crippen LogP contribution in [0.15, 0.2) is 22.7 Å². The van der Waals surface area contributed by atoms with Crippen LogP contribution in [0.5, 0.6) is 0 Å². The van der Waals surface area contributed by atoms with Gasteiger partial charge in [0, 0.05) is 29.2 Å². The number of amides is 1. The minimum atomic E-state index is 0. The number of hydrogen-bond donors (Lipinski definition) is 1. The zero-order valence-electron chi connectivity index (χ0n) is 11.1. The highest BCUT2D eigenvalue weighted by Crippen LogP contribution is 2.22. The number of carbonyl (C=O) groups is 1. The van der Waals surface area contributed by atoms with Crippen LogP contribution >= 0.6 is 28.3 Å². The van der Waals surface area contributed by atoms with Gasteiger partial charge in [-0.3, -0.25) is 4.79 Å². The predicted octanol–water partition coefficient (Wildman–Crippen LogP) is 3.13. The van der Waals surface area contributed by atoms with Crippen LogP contribution in [-0.2, 0) is 0 Å². The van der Waals surface area contributed by atoms with Crippen molar-refractivity contribution >= 4 is 34.2 Å². The quantitative estimate of drug-likeness (QED) is 0.893. The predicted molar refractivity (Wildman–Crippen MR) is 83.9 cm³/mol. The summed E-state index contributed by atoms with van der Waals surface area (Å²) >= 11 is 3.42. The zero-order valence-corrected chi connectivity index (χ0v) is 13.5. The molecule has 3 nitrogen and oxygen atoms in total. The summed E-state index contributed by atoms with van der Waals surface area (Å²) in [5, 5.41) is 0. The maximum atomic E-state index is 12.6. The van der Waals surface area contributed by atoms with E-state index in [-0.39, 0.29) is 24.4 Å². The third kappa shape index (κ3) is 3.71. The van der Waals surface area contributed by atoms with Gasteiger partial charge in [0.25, 0.3) is 5.91 Å². The van der Waals surface area contributed by atoms with Crippen molar-refractivity contribution in [3.05, 3.63) is 33.8 Å². The van der Waals surface area contributed by atoms with E-state index in [4.69, 9.17) is 5.73 Å². The molecule has 0 bridgehead atoms. The van der Waals surface area contributed by atoms with Gasteiger partial charge >= 0.3 is 0 Å².